The van der Waals surface area contributed by atoms with Gasteiger partial charge in [-0.3, -0.25) is 0 Å². The number of rotatable bonds is 16. The number of furan rings is 2. The van der Waals surface area contributed by atoms with Crippen LogP contribution in [0.3, 0.4) is 0 Å². The molecule has 0 aliphatic rings. The predicted molar refractivity (Wildman–Crippen MR) is 567 cm³/mol. The number of para-hydroxylation sites is 8. The van der Waals surface area contributed by atoms with Gasteiger partial charge < -0.3 is 32.7 Å². The maximum Gasteiger partial charge on any atom is 0.136 e. The molecule has 0 unspecified atom stereocenters. The number of thiophene rings is 1. The van der Waals surface area contributed by atoms with Crippen LogP contribution < -0.4 is 14.7 Å². The molecule has 0 radical (unpaired) electrons. The van der Waals surface area contributed by atoms with Gasteiger partial charge in [0.2, 0.25) is 0 Å². The van der Waals surface area contributed by atoms with Crippen molar-refractivity contribution in [3.63, 3.8) is 0 Å². The Morgan fingerprint density at radius 2 is 0.418 bits per heavy atom. The minimum Gasteiger partial charge on any atom is -0.456 e. The van der Waals surface area contributed by atoms with E-state index in [1.54, 1.807) is 0 Å². The lowest BCUT2D eigenvalue weighted by atomic mass is 10.0. The highest BCUT2D eigenvalue weighted by Gasteiger charge is 2.23. The molecule has 0 saturated heterocycles. The summed E-state index contributed by atoms with van der Waals surface area (Å²) in [5.41, 5.74) is 32.5. The van der Waals surface area contributed by atoms with Crippen LogP contribution in [0.25, 0.3) is 175 Å². The fourth-order valence-electron chi connectivity index (χ4n) is 19.4. The Bertz CT molecular complexity index is 8710. The second-order valence-electron chi connectivity index (χ2n) is 33.9. The Morgan fingerprint density at radius 1 is 0.149 bits per heavy atom. The molecule has 21 aromatic carbocycles. The number of benzene rings is 21. The molecule has 0 N–H and O–H groups in total. The highest BCUT2D eigenvalue weighted by atomic mass is 32.1. The Kier molecular flexibility index (Phi) is 20.7. The lowest BCUT2D eigenvalue weighted by Gasteiger charge is -2.26. The summed E-state index contributed by atoms with van der Waals surface area (Å²) in [6, 6.07) is 184. The maximum absolute atomic E-state index is 6.22. The molecular weight excluding hydrogens is 1650 g/mol. The van der Waals surface area contributed by atoms with Crippen molar-refractivity contribution in [1.29, 1.82) is 0 Å². The molecular formula is C126H85N5O2S. The average molecular weight is 1730 g/mol. The smallest absolute Gasteiger partial charge is 0.136 e. The summed E-state index contributed by atoms with van der Waals surface area (Å²) >= 11 is 1.86. The SMILES string of the molecule is c1ccc(-c2ccc(N(c3ccc(-c4ccc5c(c4)oc4ccccc45)cc3)c3ccc4c(c3)c3ccccc3n4-c3ccccc3)cc2)cc1.c1ccc(-c2ccc(N(c3ccc(-c4ccc5c(c4)oc4ccccc45)cc3)c3ccc4c5ccccc5n(-c5ccccc5)c4c3)cc2)cc1.c1ccc(N(c2ccccc2)c2ccc(-c3ccc4c(c3)sc3ccccc34)cc2)cc1. The van der Waals surface area contributed by atoms with Crippen LogP contribution in [0, 0.1) is 0 Å². The van der Waals surface area contributed by atoms with Crippen LogP contribution in [0.4, 0.5) is 51.2 Å². The summed E-state index contributed by atoms with van der Waals surface area (Å²) in [4.78, 5) is 7.00. The van der Waals surface area contributed by atoms with E-state index in [-0.39, 0.29) is 0 Å². The van der Waals surface area contributed by atoms with E-state index in [9.17, 15) is 0 Å². The highest BCUT2D eigenvalue weighted by molar-refractivity contribution is 7.25. The maximum atomic E-state index is 6.22. The number of nitrogens with zero attached hydrogens (tertiary/aromatic N) is 5. The van der Waals surface area contributed by atoms with Gasteiger partial charge in [0, 0.05) is 126 Å². The van der Waals surface area contributed by atoms with Crippen molar-refractivity contribution in [1.82, 2.24) is 9.13 Å². The number of hydrogen-bond acceptors (Lipinski definition) is 6. The van der Waals surface area contributed by atoms with E-state index < -0.39 is 0 Å². The van der Waals surface area contributed by atoms with Crippen molar-refractivity contribution >= 4 is 170 Å². The third-order valence-corrected chi connectivity index (χ3v) is 27.0. The second-order valence-corrected chi connectivity index (χ2v) is 34.9. The molecule has 0 spiro atoms. The van der Waals surface area contributed by atoms with Crippen molar-refractivity contribution in [2.45, 2.75) is 0 Å². The van der Waals surface area contributed by atoms with Crippen molar-refractivity contribution in [3.8, 4) is 67.0 Å². The number of aromatic nitrogens is 2. The minimum absolute atomic E-state index is 0.903. The Hall–Kier alpha value is -17.6. The lowest BCUT2D eigenvalue weighted by molar-refractivity contribution is 0.668. The normalized spacial score (nSPS) is 11.4. The van der Waals surface area contributed by atoms with Crippen molar-refractivity contribution in [3.05, 3.63) is 516 Å². The molecule has 632 valence electrons. The first-order valence-electron chi connectivity index (χ1n) is 45.5. The van der Waals surface area contributed by atoms with Crippen LogP contribution >= 0.6 is 11.3 Å². The average Bonchev–Trinajstić information content (AvgIpc) is 1.58. The first-order valence-corrected chi connectivity index (χ1v) is 46.3. The van der Waals surface area contributed by atoms with E-state index in [0.29, 0.717) is 0 Å². The molecule has 0 atom stereocenters. The fourth-order valence-corrected chi connectivity index (χ4v) is 20.5. The van der Waals surface area contributed by atoms with Gasteiger partial charge in [-0.1, -0.05) is 315 Å². The van der Waals surface area contributed by atoms with Gasteiger partial charge in [0.25, 0.3) is 0 Å². The van der Waals surface area contributed by atoms with E-state index in [1.807, 2.05) is 35.6 Å². The van der Waals surface area contributed by atoms with Gasteiger partial charge in [0.1, 0.15) is 22.3 Å². The summed E-state index contributed by atoms with van der Waals surface area (Å²) in [5.74, 6) is 0. The zero-order valence-corrected chi connectivity index (χ0v) is 73.9. The fraction of sp³-hybridized carbons (Fsp3) is 0. The topological polar surface area (TPSA) is 45.9 Å². The summed E-state index contributed by atoms with van der Waals surface area (Å²) in [5, 5.41) is 12.2. The molecule has 134 heavy (non-hydrogen) atoms. The molecule has 0 amide bonds. The molecule has 0 aliphatic carbocycles. The Labute approximate surface area is 779 Å². The first-order chi connectivity index (χ1) is 66.4. The zero-order chi connectivity index (χ0) is 88.8. The van der Waals surface area contributed by atoms with Crippen LogP contribution in [0.1, 0.15) is 0 Å². The first kappa shape index (κ1) is 79.8. The van der Waals surface area contributed by atoms with E-state index in [4.69, 9.17) is 8.83 Å². The van der Waals surface area contributed by atoms with E-state index >= 15 is 0 Å². The van der Waals surface area contributed by atoms with Crippen LogP contribution in [0.5, 0.6) is 0 Å². The molecule has 0 fully saturated rings. The highest BCUT2D eigenvalue weighted by Crippen LogP contribution is 2.47. The van der Waals surface area contributed by atoms with Gasteiger partial charge in [-0.2, -0.15) is 0 Å². The summed E-state index contributed by atoms with van der Waals surface area (Å²) < 4.78 is 19.9. The minimum atomic E-state index is 0.903. The van der Waals surface area contributed by atoms with E-state index in [1.165, 1.54) is 97.2 Å². The Morgan fingerprint density at radius 3 is 0.873 bits per heavy atom. The van der Waals surface area contributed by atoms with Crippen molar-refractivity contribution in [2.24, 2.45) is 0 Å². The van der Waals surface area contributed by atoms with Gasteiger partial charge in [-0.25, -0.2) is 0 Å². The number of hydrogen-bond donors (Lipinski definition) is 0. The molecule has 0 bridgehead atoms. The quantitative estimate of drug-likeness (QED) is 0.0965. The Balaban J connectivity index is 0.000000114. The molecule has 26 aromatic rings. The molecule has 5 heterocycles. The van der Waals surface area contributed by atoms with Crippen LogP contribution in [0.15, 0.2) is 524 Å². The zero-order valence-electron chi connectivity index (χ0n) is 73.0. The number of anilines is 9. The van der Waals surface area contributed by atoms with E-state index in [0.717, 1.165) is 129 Å². The molecule has 0 saturated carbocycles. The van der Waals surface area contributed by atoms with Gasteiger partial charge in [0.05, 0.1) is 22.1 Å². The van der Waals surface area contributed by atoms with Gasteiger partial charge >= 0.3 is 0 Å². The largest absolute Gasteiger partial charge is 0.456 e. The molecule has 26 rings (SSSR count). The third-order valence-electron chi connectivity index (χ3n) is 25.9. The standard InChI is InChI=1S/2C48H32N2O.C30H21NS/c1-3-11-33(12-4-1)34-19-24-38(25-20-34)49(39-26-21-35(22-27-39)36-23-29-44-43-16-8-10-18-47(43)51-48(44)31-36)40-28-30-42-41-15-7-9-17-45(41)50(46(42)32-40)37-13-5-2-6-14-37;1-3-11-33(12-4-1)34-19-24-38(25-20-34)49(39-26-21-35(22-27-39)36-23-29-43-42-16-8-10-18-47(42)51-48(43)31-36)40-28-30-46-44(32-40)41-15-7-9-17-45(41)50(46)37-13-5-2-6-14-37;1-3-9-24(10-4-1)31(25-11-5-2-6-12-25)26-18-15-22(16-19-26)23-17-20-28-27-13-7-8-14-29(27)32-30(28)21-23/h2*1-32H;1-21H. The van der Waals surface area contributed by atoms with Crippen molar-refractivity contribution < 1.29 is 8.83 Å². The third kappa shape index (κ3) is 15.1. The van der Waals surface area contributed by atoms with Crippen LogP contribution in [0.2, 0.25) is 0 Å². The van der Waals surface area contributed by atoms with Crippen molar-refractivity contribution in [2.75, 3.05) is 14.7 Å². The molecule has 7 nitrogen and oxygen atoms in total. The second kappa shape index (κ2) is 34.8. The molecule has 0 aliphatic heterocycles. The van der Waals surface area contributed by atoms with Gasteiger partial charge in [0.15, 0.2) is 0 Å². The summed E-state index contributed by atoms with van der Waals surface area (Å²) in [6.45, 7) is 0. The summed E-state index contributed by atoms with van der Waals surface area (Å²) in [6.07, 6.45) is 0. The molecule has 5 aromatic heterocycles. The van der Waals surface area contributed by atoms with Gasteiger partial charge in [-0.15, -0.1) is 11.3 Å². The van der Waals surface area contributed by atoms with Gasteiger partial charge in [-0.05, 0) is 256 Å². The van der Waals surface area contributed by atoms with E-state index in [2.05, 4.69) is 515 Å². The summed E-state index contributed by atoms with van der Waals surface area (Å²) in [7, 11) is 0. The van der Waals surface area contributed by atoms with Crippen LogP contribution in [-0.2, 0) is 0 Å². The number of fused-ring (bicyclic) bond motifs is 15. The van der Waals surface area contributed by atoms with Crippen LogP contribution in [-0.4, -0.2) is 9.13 Å². The molecule has 8 heteroatoms. The lowest BCUT2D eigenvalue weighted by Crippen LogP contribution is -2.10. The predicted octanol–water partition coefficient (Wildman–Crippen LogP) is 36.2. The monoisotopic (exact) mass is 1730 g/mol.